The summed E-state index contributed by atoms with van der Waals surface area (Å²) in [5, 5.41) is 12.9. The van der Waals surface area contributed by atoms with Gasteiger partial charge in [0.2, 0.25) is 5.91 Å². The van der Waals surface area contributed by atoms with Crippen molar-refractivity contribution in [1.29, 1.82) is 0 Å². The van der Waals surface area contributed by atoms with Gasteiger partial charge in [0.1, 0.15) is 5.75 Å². The summed E-state index contributed by atoms with van der Waals surface area (Å²) < 4.78 is 5.07. The number of aliphatic hydroxyl groups excluding tert-OH is 1. The van der Waals surface area contributed by atoms with Gasteiger partial charge in [-0.3, -0.25) is 4.79 Å². The zero-order valence-corrected chi connectivity index (χ0v) is 13.7. The molecule has 2 rings (SSSR count). The largest absolute Gasteiger partial charge is 0.497 e. The minimum atomic E-state index is -0.766. The number of nitrogens with one attached hydrogen (secondary N) is 1. The second-order valence-electron chi connectivity index (χ2n) is 5.72. The highest BCUT2D eigenvalue weighted by Crippen LogP contribution is 2.26. The summed E-state index contributed by atoms with van der Waals surface area (Å²) in [5.41, 5.74) is 6.13. The van der Waals surface area contributed by atoms with Crippen LogP contribution >= 0.6 is 12.4 Å². The number of halogens is 1. The summed E-state index contributed by atoms with van der Waals surface area (Å²) in [4.78, 5) is 12.2. The maximum Gasteiger partial charge on any atom is 0.240 e. The van der Waals surface area contributed by atoms with E-state index in [-0.39, 0.29) is 24.9 Å². The molecule has 1 aromatic carbocycles. The molecule has 0 heterocycles. The minimum absolute atomic E-state index is 0. The monoisotopic (exact) mass is 328 g/mol. The molecule has 0 bridgehead atoms. The van der Waals surface area contributed by atoms with E-state index in [1.807, 2.05) is 0 Å². The van der Waals surface area contributed by atoms with E-state index >= 15 is 0 Å². The number of nitrogens with two attached hydrogens (primary N) is 1. The fourth-order valence-electron chi connectivity index (χ4n) is 2.72. The van der Waals surface area contributed by atoms with Crippen LogP contribution in [0.2, 0.25) is 0 Å². The molecule has 5 nitrogen and oxygen atoms in total. The smallest absolute Gasteiger partial charge is 0.240 e. The third kappa shape index (κ3) is 4.60. The zero-order valence-electron chi connectivity index (χ0n) is 12.9. The molecule has 1 aliphatic carbocycles. The van der Waals surface area contributed by atoms with E-state index in [9.17, 15) is 9.90 Å². The van der Waals surface area contributed by atoms with Crippen molar-refractivity contribution in [3.05, 3.63) is 29.8 Å². The highest BCUT2D eigenvalue weighted by atomic mass is 35.5. The number of hydrogen-bond donors (Lipinski definition) is 3. The first kappa shape index (κ1) is 18.7. The van der Waals surface area contributed by atoms with E-state index in [2.05, 4.69) is 5.32 Å². The number of amides is 1. The third-order valence-electron chi connectivity index (χ3n) is 4.15. The Morgan fingerprint density at radius 1 is 1.32 bits per heavy atom. The molecule has 1 aromatic rings. The van der Waals surface area contributed by atoms with Gasteiger partial charge in [0.05, 0.1) is 18.8 Å². The lowest BCUT2D eigenvalue weighted by atomic mass is 9.82. The number of methoxy groups -OCH3 is 1. The third-order valence-corrected chi connectivity index (χ3v) is 4.15. The second-order valence-corrected chi connectivity index (χ2v) is 5.72. The quantitative estimate of drug-likeness (QED) is 0.771. The molecule has 22 heavy (non-hydrogen) atoms. The van der Waals surface area contributed by atoms with Crippen LogP contribution in [0.1, 0.15) is 43.8 Å². The fourth-order valence-corrected chi connectivity index (χ4v) is 2.72. The summed E-state index contributed by atoms with van der Waals surface area (Å²) in [7, 11) is 1.59. The van der Waals surface area contributed by atoms with Crippen LogP contribution in [0.15, 0.2) is 24.3 Å². The van der Waals surface area contributed by atoms with Crippen molar-refractivity contribution in [1.82, 2.24) is 5.32 Å². The number of aliphatic hydroxyl groups is 1. The summed E-state index contributed by atoms with van der Waals surface area (Å²) in [5.74, 6) is 0.577. The number of carbonyl (C=O) groups excluding carboxylic acids is 1. The van der Waals surface area contributed by atoms with Gasteiger partial charge in [-0.05, 0) is 30.5 Å². The molecule has 1 atom stereocenters. The van der Waals surface area contributed by atoms with Gasteiger partial charge < -0.3 is 20.9 Å². The van der Waals surface area contributed by atoms with Gasteiger partial charge in [-0.1, -0.05) is 31.4 Å². The Balaban J connectivity index is 0.00000242. The first-order valence-electron chi connectivity index (χ1n) is 7.44. The van der Waals surface area contributed by atoms with E-state index < -0.39 is 11.6 Å². The molecule has 0 aliphatic heterocycles. The van der Waals surface area contributed by atoms with E-state index in [4.69, 9.17) is 10.5 Å². The van der Waals surface area contributed by atoms with Crippen molar-refractivity contribution < 1.29 is 14.6 Å². The lowest BCUT2D eigenvalue weighted by Gasteiger charge is -2.32. The lowest BCUT2D eigenvalue weighted by Crippen LogP contribution is -2.55. The standard InChI is InChI=1S/C16H24N2O3.ClH/c1-21-13-7-5-12(6-8-13)14(19)11-18-15(20)16(17)9-3-2-4-10-16;/h5-8,14,19H,2-4,9-11,17H2,1H3,(H,18,20);1H. The minimum Gasteiger partial charge on any atom is -0.497 e. The van der Waals surface area contributed by atoms with Crippen LogP contribution < -0.4 is 15.8 Å². The Bertz CT molecular complexity index is 473. The van der Waals surface area contributed by atoms with Crippen LogP contribution in [0, 0.1) is 0 Å². The maximum absolute atomic E-state index is 12.2. The first-order valence-corrected chi connectivity index (χ1v) is 7.44. The molecule has 0 spiro atoms. The summed E-state index contributed by atoms with van der Waals surface area (Å²) in [6.07, 6.45) is 3.82. The van der Waals surface area contributed by atoms with Crippen LogP contribution in [0.25, 0.3) is 0 Å². The number of hydrogen-bond acceptors (Lipinski definition) is 4. The molecule has 1 saturated carbocycles. The van der Waals surface area contributed by atoms with Crippen LogP contribution in [0.3, 0.4) is 0 Å². The Kier molecular flexibility index (Phi) is 7.13. The molecular weight excluding hydrogens is 304 g/mol. The topological polar surface area (TPSA) is 84.6 Å². The van der Waals surface area contributed by atoms with Crippen molar-refractivity contribution in [3.8, 4) is 5.75 Å². The van der Waals surface area contributed by atoms with Crippen LogP contribution in [-0.4, -0.2) is 30.2 Å². The van der Waals surface area contributed by atoms with Gasteiger partial charge in [-0.15, -0.1) is 12.4 Å². The van der Waals surface area contributed by atoms with Gasteiger partial charge >= 0.3 is 0 Å². The molecule has 1 amide bonds. The van der Waals surface area contributed by atoms with Crippen LogP contribution in [-0.2, 0) is 4.79 Å². The predicted molar refractivity (Wildman–Crippen MR) is 88.2 cm³/mol. The molecular formula is C16H25ClN2O3. The fraction of sp³-hybridized carbons (Fsp3) is 0.562. The predicted octanol–water partition coefficient (Wildman–Crippen LogP) is 1.93. The first-order chi connectivity index (χ1) is 10.0. The van der Waals surface area contributed by atoms with E-state index in [1.54, 1.807) is 31.4 Å². The Hall–Kier alpha value is -1.30. The van der Waals surface area contributed by atoms with Gasteiger partial charge in [0.25, 0.3) is 0 Å². The molecule has 0 saturated heterocycles. The van der Waals surface area contributed by atoms with Gasteiger partial charge in [0, 0.05) is 6.54 Å². The highest BCUT2D eigenvalue weighted by Gasteiger charge is 2.35. The van der Waals surface area contributed by atoms with E-state index in [1.165, 1.54) is 0 Å². The van der Waals surface area contributed by atoms with Crippen molar-refractivity contribution in [2.45, 2.75) is 43.7 Å². The van der Waals surface area contributed by atoms with Crippen LogP contribution in [0.4, 0.5) is 0 Å². The van der Waals surface area contributed by atoms with Crippen molar-refractivity contribution in [3.63, 3.8) is 0 Å². The number of carbonyl (C=O) groups is 1. The normalized spacial score (nSPS) is 18.0. The maximum atomic E-state index is 12.2. The molecule has 1 aliphatic rings. The van der Waals surface area contributed by atoms with Crippen molar-refractivity contribution in [2.75, 3.05) is 13.7 Å². The molecule has 0 aromatic heterocycles. The van der Waals surface area contributed by atoms with Gasteiger partial charge in [0.15, 0.2) is 0 Å². The zero-order chi connectivity index (χ0) is 15.3. The van der Waals surface area contributed by atoms with Crippen molar-refractivity contribution in [2.24, 2.45) is 5.73 Å². The molecule has 1 fully saturated rings. The van der Waals surface area contributed by atoms with E-state index in [0.29, 0.717) is 0 Å². The SMILES string of the molecule is COc1ccc(C(O)CNC(=O)C2(N)CCCCC2)cc1.Cl. The van der Waals surface area contributed by atoms with Crippen LogP contribution in [0.5, 0.6) is 5.75 Å². The highest BCUT2D eigenvalue weighted by molar-refractivity contribution is 5.86. The molecule has 0 radical (unpaired) electrons. The van der Waals surface area contributed by atoms with Crippen molar-refractivity contribution >= 4 is 18.3 Å². The summed E-state index contributed by atoms with van der Waals surface area (Å²) in [6.45, 7) is 0.171. The summed E-state index contributed by atoms with van der Waals surface area (Å²) in [6, 6.07) is 7.14. The molecule has 1 unspecified atom stereocenters. The lowest BCUT2D eigenvalue weighted by molar-refractivity contribution is -0.128. The Morgan fingerprint density at radius 2 is 1.91 bits per heavy atom. The average molecular weight is 329 g/mol. The summed E-state index contributed by atoms with van der Waals surface area (Å²) >= 11 is 0. The molecule has 6 heteroatoms. The van der Waals surface area contributed by atoms with Gasteiger partial charge in [-0.25, -0.2) is 0 Å². The Morgan fingerprint density at radius 3 is 2.45 bits per heavy atom. The number of benzene rings is 1. The molecule has 4 N–H and O–H groups in total. The average Bonchev–Trinajstić information content (AvgIpc) is 2.53. The Labute approximate surface area is 137 Å². The second kappa shape index (κ2) is 8.36. The molecule has 124 valence electrons. The van der Waals surface area contributed by atoms with Gasteiger partial charge in [-0.2, -0.15) is 0 Å². The number of ether oxygens (including phenoxy) is 1. The van der Waals surface area contributed by atoms with E-state index in [0.717, 1.165) is 43.4 Å². The number of rotatable bonds is 5.